The van der Waals surface area contributed by atoms with Gasteiger partial charge in [-0.25, -0.2) is 14.6 Å². The Morgan fingerprint density at radius 2 is 2.17 bits per heavy atom. The van der Waals surface area contributed by atoms with E-state index < -0.39 is 0 Å². The topological polar surface area (TPSA) is 55.6 Å². The van der Waals surface area contributed by atoms with Crippen LogP contribution < -0.4 is 5.32 Å². The maximum Gasteiger partial charge on any atom is 0.155 e. The predicted octanol–water partition coefficient (Wildman–Crippen LogP) is 2.51. The Balaban J connectivity index is 2.08. The smallest absolute Gasteiger partial charge is 0.155 e. The van der Waals surface area contributed by atoms with Crippen molar-refractivity contribution in [3.63, 3.8) is 0 Å². The molecule has 2 aromatic heterocycles. The van der Waals surface area contributed by atoms with E-state index in [9.17, 15) is 0 Å². The molecule has 5 nitrogen and oxygen atoms in total. The minimum Gasteiger partial charge on any atom is -0.381 e. The van der Waals surface area contributed by atoms with Crippen LogP contribution in [0.15, 0.2) is 31.0 Å². The molecule has 0 amide bonds. The fourth-order valence-corrected chi connectivity index (χ4v) is 1.89. The lowest BCUT2D eigenvalue weighted by Crippen LogP contribution is -2.24. The molecule has 0 saturated carbocycles. The zero-order chi connectivity index (χ0) is 13.0. The molecule has 2 rings (SSSR count). The van der Waals surface area contributed by atoms with Gasteiger partial charge in [0.1, 0.15) is 12.7 Å². The summed E-state index contributed by atoms with van der Waals surface area (Å²) in [6.45, 7) is 6.63. The van der Waals surface area contributed by atoms with Gasteiger partial charge in [-0.3, -0.25) is 0 Å². The van der Waals surface area contributed by atoms with Crippen LogP contribution in [0.4, 0.5) is 5.69 Å². The van der Waals surface area contributed by atoms with E-state index in [-0.39, 0.29) is 0 Å². The van der Waals surface area contributed by atoms with Crippen molar-refractivity contribution in [3.05, 3.63) is 31.0 Å². The van der Waals surface area contributed by atoms with Gasteiger partial charge in [-0.1, -0.05) is 20.8 Å². The Hall–Kier alpha value is -1.91. The molecule has 0 fully saturated rings. The van der Waals surface area contributed by atoms with Crippen molar-refractivity contribution in [1.82, 2.24) is 19.7 Å². The van der Waals surface area contributed by atoms with E-state index in [2.05, 4.69) is 41.2 Å². The van der Waals surface area contributed by atoms with Crippen LogP contribution in [0.1, 0.15) is 27.2 Å². The third-order valence-electron chi connectivity index (χ3n) is 3.00. The number of pyridine rings is 1. The van der Waals surface area contributed by atoms with Crippen LogP contribution in [0, 0.1) is 5.92 Å². The monoisotopic (exact) mass is 245 g/mol. The van der Waals surface area contributed by atoms with Crippen LogP contribution in [0.5, 0.6) is 0 Å². The van der Waals surface area contributed by atoms with Crippen LogP contribution in [-0.4, -0.2) is 25.8 Å². The fraction of sp³-hybridized carbons (Fsp3) is 0.462. The number of nitrogens with one attached hydrogen (secondary N) is 1. The standard InChI is InChI=1S/C13H19N5/c1-4-12(10(2)3)17-11-5-6-13(15-7-11)18-9-14-8-16-18/h5-10,12,17H,4H2,1-3H3. The first kappa shape index (κ1) is 12.5. The van der Waals surface area contributed by atoms with Gasteiger partial charge in [0.25, 0.3) is 0 Å². The summed E-state index contributed by atoms with van der Waals surface area (Å²) in [5.74, 6) is 1.38. The Bertz CT molecular complexity index is 461. The lowest BCUT2D eigenvalue weighted by molar-refractivity contribution is 0.511. The van der Waals surface area contributed by atoms with Gasteiger partial charge in [-0.15, -0.1) is 0 Å². The summed E-state index contributed by atoms with van der Waals surface area (Å²) in [4.78, 5) is 8.27. The van der Waals surface area contributed by atoms with E-state index in [1.807, 2.05) is 18.3 Å². The molecule has 0 saturated heterocycles. The van der Waals surface area contributed by atoms with E-state index in [4.69, 9.17) is 0 Å². The van der Waals surface area contributed by atoms with Crippen molar-refractivity contribution < 1.29 is 0 Å². The highest BCUT2D eigenvalue weighted by Crippen LogP contribution is 2.15. The number of nitrogens with zero attached hydrogens (tertiary/aromatic N) is 4. The van der Waals surface area contributed by atoms with E-state index in [0.717, 1.165) is 17.9 Å². The molecule has 5 heteroatoms. The van der Waals surface area contributed by atoms with Crippen LogP contribution in [0.3, 0.4) is 0 Å². The molecule has 1 atom stereocenters. The molecule has 18 heavy (non-hydrogen) atoms. The Kier molecular flexibility index (Phi) is 3.92. The zero-order valence-corrected chi connectivity index (χ0v) is 11.0. The summed E-state index contributed by atoms with van der Waals surface area (Å²) in [6.07, 6.45) is 6.07. The Morgan fingerprint density at radius 3 is 2.67 bits per heavy atom. The lowest BCUT2D eigenvalue weighted by atomic mass is 10.0. The van der Waals surface area contributed by atoms with Gasteiger partial charge >= 0.3 is 0 Å². The van der Waals surface area contributed by atoms with Gasteiger partial charge < -0.3 is 5.32 Å². The van der Waals surface area contributed by atoms with Crippen molar-refractivity contribution in [2.45, 2.75) is 33.2 Å². The zero-order valence-electron chi connectivity index (χ0n) is 11.0. The first-order valence-electron chi connectivity index (χ1n) is 6.28. The van der Waals surface area contributed by atoms with Gasteiger partial charge in [-0.05, 0) is 24.5 Å². The second kappa shape index (κ2) is 5.62. The quantitative estimate of drug-likeness (QED) is 0.879. The number of aromatic nitrogens is 4. The molecule has 0 aliphatic rings. The number of anilines is 1. The predicted molar refractivity (Wildman–Crippen MR) is 71.7 cm³/mol. The van der Waals surface area contributed by atoms with Crippen LogP contribution >= 0.6 is 0 Å². The van der Waals surface area contributed by atoms with Crippen LogP contribution in [-0.2, 0) is 0 Å². The third kappa shape index (κ3) is 2.85. The second-order valence-corrected chi connectivity index (χ2v) is 4.65. The molecule has 96 valence electrons. The molecule has 0 aromatic carbocycles. The summed E-state index contributed by atoms with van der Waals surface area (Å²) >= 11 is 0. The average Bonchev–Trinajstić information content (AvgIpc) is 2.90. The average molecular weight is 245 g/mol. The van der Waals surface area contributed by atoms with E-state index >= 15 is 0 Å². The molecule has 2 heterocycles. The summed E-state index contributed by atoms with van der Waals surface area (Å²) in [7, 11) is 0. The Labute approximate surface area is 107 Å². The molecule has 2 aromatic rings. The minimum absolute atomic E-state index is 0.476. The SMILES string of the molecule is CCC(Nc1ccc(-n2cncn2)nc1)C(C)C. The van der Waals surface area contributed by atoms with Crippen molar-refractivity contribution in [2.75, 3.05) is 5.32 Å². The number of rotatable bonds is 5. The summed E-state index contributed by atoms with van der Waals surface area (Å²) in [5, 5.41) is 7.54. The highest BCUT2D eigenvalue weighted by Gasteiger charge is 2.10. The highest BCUT2D eigenvalue weighted by molar-refractivity contribution is 5.44. The molecule has 1 N–H and O–H groups in total. The van der Waals surface area contributed by atoms with Crippen LogP contribution in [0.25, 0.3) is 5.82 Å². The maximum atomic E-state index is 4.37. The molecule has 1 unspecified atom stereocenters. The van der Waals surface area contributed by atoms with E-state index in [0.29, 0.717) is 12.0 Å². The van der Waals surface area contributed by atoms with E-state index in [1.54, 1.807) is 11.0 Å². The first-order valence-corrected chi connectivity index (χ1v) is 6.28. The highest BCUT2D eigenvalue weighted by atomic mass is 15.3. The molecule has 0 spiro atoms. The van der Waals surface area contributed by atoms with Crippen LogP contribution in [0.2, 0.25) is 0 Å². The van der Waals surface area contributed by atoms with Gasteiger partial charge in [0.2, 0.25) is 0 Å². The Morgan fingerprint density at radius 1 is 1.33 bits per heavy atom. The molecule has 0 aliphatic carbocycles. The molecule has 0 radical (unpaired) electrons. The lowest BCUT2D eigenvalue weighted by Gasteiger charge is -2.21. The molecule has 0 aliphatic heterocycles. The van der Waals surface area contributed by atoms with Gasteiger partial charge in [0.15, 0.2) is 5.82 Å². The number of hydrogen-bond acceptors (Lipinski definition) is 4. The first-order chi connectivity index (χ1) is 8.70. The second-order valence-electron chi connectivity index (χ2n) is 4.65. The van der Waals surface area contributed by atoms with E-state index in [1.165, 1.54) is 6.33 Å². The summed E-state index contributed by atoms with van der Waals surface area (Å²) in [5.41, 5.74) is 1.04. The minimum atomic E-state index is 0.476. The molecular formula is C13H19N5. The summed E-state index contributed by atoms with van der Waals surface area (Å²) < 4.78 is 1.64. The molecular weight excluding hydrogens is 226 g/mol. The van der Waals surface area contributed by atoms with Crippen molar-refractivity contribution in [1.29, 1.82) is 0 Å². The fourth-order valence-electron chi connectivity index (χ4n) is 1.89. The largest absolute Gasteiger partial charge is 0.381 e. The van der Waals surface area contributed by atoms with Gasteiger partial charge in [-0.2, -0.15) is 5.10 Å². The van der Waals surface area contributed by atoms with Gasteiger partial charge in [0.05, 0.1) is 11.9 Å². The van der Waals surface area contributed by atoms with Crippen molar-refractivity contribution >= 4 is 5.69 Å². The number of hydrogen-bond donors (Lipinski definition) is 1. The summed E-state index contributed by atoms with van der Waals surface area (Å²) in [6, 6.07) is 4.43. The normalized spacial score (nSPS) is 12.7. The van der Waals surface area contributed by atoms with Crippen molar-refractivity contribution in [2.24, 2.45) is 5.92 Å². The third-order valence-corrected chi connectivity index (χ3v) is 3.00. The van der Waals surface area contributed by atoms with Gasteiger partial charge in [0, 0.05) is 6.04 Å². The van der Waals surface area contributed by atoms with Crippen molar-refractivity contribution in [3.8, 4) is 5.82 Å². The maximum absolute atomic E-state index is 4.37. The molecule has 0 bridgehead atoms.